The van der Waals surface area contributed by atoms with Crippen LogP contribution in [0.3, 0.4) is 0 Å². The number of benzene rings is 2. The van der Waals surface area contributed by atoms with Gasteiger partial charge >= 0.3 is 0 Å². The molecule has 2 saturated heterocycles. The average Bonchev–Trinajstić information content (AvgIpc) is 3.57. The van der Waals surface area contributed by atoms with Crippen LogP contribution in [0.5, 0.6) is 5.75 Å². The molecule has 2 aliphatic heterocycles. The van der Waals surface area contributed by atoms with E-state index >= 15 is 0 Å². The highest BCUT2D eigenvalue weighted by molar-refractivity contribution is 6.00. The molecule has 2 amide bonds. The number of aromatic nitrogens is 2. The number of fused-ring (bicyclic) bond motifs is 1. The van der Waals surface area contributed by atoms with Crippen LogP contribution in [-0.4, -0.2) is 59.8 Å². The van der Waals surface area contributed by atoms with Gasteiger partial charge in [0.25, 0.3) is 5.56 Å². The van der Waals surface area contributed by atoms with Crippen molar-refractivity contribution in [2.75, 3.05) is 38.2 Å². The molecule has 0 radical (unpaired) electrons. The third-order valence-corrected chi connectivity index (χ3v) is 7.06. The van der Waals surface area contributed by atoms with Gasteiger partial charge in [0.05, 0.1) is 37.2 Å². The molecule has 188 valence electrons. The van der Waals surface area contributed by atoms with Crippen molar-refractivity contribution < 1.29 is 14.3 Å². The molecule has 9 heteroatoms. The Morgan fingerprint density at radius 2 is 1.83 bits per heavy atom. The van der Waals surface area contributed by atoms with E-state index in [1.165, 1.54) is 17.5 Å². The van der Waals surface area contributed by atoms with Gasteiger partial charge in [-0.25, -0.2) is 4.68 Å². The second kappa shape index (κ2) is 10.5. The molecule has 1 unspecified atom stereocenters. The highest BCUT2D eigenvalue weighted by Gasteiger charge is 2.35. The number of anilines is 1. The molecule has 2 aliphatic rings. The van der Waals surface area contributed by atoms with Gasteiger partial charge < -0.3 is 19.9 Å². The lowest BCUT2D eigenvalue weighted by atomic mass is 10.1. The van der Waals surface area contributed by atoms with E-state index in [0.29, 0.717) is 35.6 Å². The summed E-state index contributed by atoms with van der Waals surface area (Å²) in [6.07, 6.45) is 2.53. The van der Waals surface area contributed by atoms with Gasteiger partial charge in [0, 0.05) is 36.7 Å². The Bertz CT molecular complexity index is 1330. The standard InChI is InChI=1S/C27H31N5O4/c1-36-21-8-6-7-20(16-21)31-18-19(15-25(31)33)26(34)28-17-24-22-9-2-3-10-23(22)27(35)32(29-24)14-13-30-11-4-5-12-30/h2-3,6-10,16,19H,4-5,11-15,17-18H2,1H3,(H,28,34). The molecule has 0 aliphatic carbocycles. The van der Waals surface area contributed by atoms with Crippen LogP contribution in [0.15, 0.2) is 53.3 Å². The minimum absolute atomic E-state index is 0.0950. The summed E-state index contributed by atoms with van der Waals surface area (Å²) in [4.78, 5) is 42.7. The van der Waals surface area contributed by atoms with Crippen LogP contribution in [0.4, 0.5) is 5.69 Å². The van der Waals surface area contributed by atoms with Crippen molar-refractivity contribution in [2.45, 2.75) is 32.4 Å². The fourth-order valence-electron chi connectivity index (χ4n) is 5.06. The van der Waals surface area contributed by atoms with Crippen LogP contribution in [0.2, 0.25) is 0 Å². The van der Waals surface area contributed by atoms with Crippen molar-refractivity contribution in [3.63, 3.8) is 0 Å². The van der Waals surface area contributed by atoms with E-state index in [1.807, 2.05) is 36.4 Å². The van der Waals surface area contributed by atoms with E-state index in [2.05, 4.69) is 15.3 Å². The van der Waals surface area contributed by atoms with Gasteiger partial charge in [0.15, 0.2) is 0 Å². The zero-order chi connectivity index (χ0) is 25.1. The number of amides is 2. The summed E-state index contributed by atoms with van der Waals surface area (Å²) in [6, 6.07) is 14.6. The van der Waals surface area contributed by atoms with E-state index in [9.17, 15) is 14.4 Å². The number of nitrogens with zero attached hydrogens (tertiary/aromatic N) is 4. The number of nitrogens with one attached hydrogen (secondary N) is 1. The SMILES string of the molecule is COc1cccc(N2CC(C(=O)NCc3nn(CCN4CCCC4)c(=O)c4ccccc34)CC2=O)c1. The second-order valence-corrected chi connectivity index (χ2v) is 9.39. The highest BCUT2D eigenvalue weighted by atomic mass is 16.5. The van der Waals surface area contributed by atoms with Crippen LogP contribution < -0.4 is 20.5 Å². The Hall–Kier alpha value is -3.72. The van der Waals surface area contributed by atoms with E-state index < -0.39 is 5.92 Å². The molecule has 3 aromatic rings. The number of hydrogen-bond donors (Lipinski definition) is 1. The first-order valence-electron chi connectivity index (χ1n) is 12.5. The molecular formula is C27H31N5O4. The number of ether oxygens (including phenoxy) is 1. The molecule has 0 bridgehead atoms. The maximum atomic E-state index is 13.0. The topological polar surface area (TPSA) is 96.8 Å². The molecule has 1 aromatic heterocycles. The lowest BCUT2D eigenvalue weighted by Gasteiger charge is -2.18. The smallest absolute Gasteiger partial charge is 0.274 e. The number of rotatable bonds is 8. The van der Waals surface area contributed by atoms with Crippen molar-refractivity contribution in [3.05, 3.63) is 64.6 Å². The van der Waals surface area contributed by atoms with Gasteiger partial charge in [-0.15, -0.1) is 0 Å². The van der Waals surface area contributed by atoms with Crippen LogP contribution >= 0.6 is 0 Å². The molecule has 1 atom stereocenters. The van der Waals surface area contributed by atoms with E-state index in [1.54, 1.807) is 24.1 Å². The summed E-state index contributed by atoms with van der Waals surface area (Å²) < 4.78 is 6.78. The number of likely N-dealkylation sites (tertiary alicyclic amines) is 1. The summed E-state index contributed by atoms with van der Waals surface area (Å²) in [5.41, 5.74) is 1.25. The van der Waals surface area contributed by atoms with Crippen LogP contribution in [0.1, 0.15) is 25.0 Å². The monoisotopic (exact) mass is 489 g/mol. The lowest BCUT2D eigenvalue weighted by molar-refractivity contribution is -0.126. The summed E-state index contributed by atoms with van der Waals surface area (Å²) in [6.45, 7) is 3.89. The number of carbonyl (C=O) groups is 2. The predicted molar refractivity (Wildman–Crippen MR) is 137 cm³/mol. The normalized spacial score (nSPS) is 18.2. The molecule has 3 heterocycles. The third kappa shape index (κ3) is 4.97. The fraction of sp³-hybridized carbons (Fsp3) is 0.407. The molecular weight excluding hydrogens is 458 g/mol. The second-order valence-electron chi connectivity index (χ2n) is 9.39. The van der Waals surface area contributed by atoms with Crippen LogP contribution in [-0.2, 0) is 22.7 Å². The molecule has 9 nitrogen and oxygen atoms in total. The van der Waals surface area contributed by atoms with Gasteiger partial charge in [-0.3, -0.25) is 14.4 Å². The van der Waals surface area contributed by atoms with Gasteiger partial charge in [-0.05, 0) is 44.1 Å². The number of carbonyl (C=O) groups excluding carboxylic acids is 2. The Labute approximate surface area is 209 Å². The highest BCUT2D eigenvalue weighted by Crippen LogP contribution is 2.28. The van der Waals surface area contributed by atoms with Crippen molar-refractivity contribution >= 4 is 28.3 Å². The van der Waals surface area contributed by atoms with Gasteiger partial charge in [0.1, 0.15) is 5.75 Å². The quantitative estimate of drug-likeness (QED) is 0.521. The zero-order valence-corrected chi connectivity index (χ0v) is 20.5. The van der Waals surface area contributed by atoms with Gasteiger partial charge in [-0.2, -0.15) is 5.10 Å². The minimum Gasteiger partial charge on any atom is -0.497 e. The van der Waals surface area contributed by atoms with E-state index in [-0.39, 0.29) is 30.3 Å². The molecule has 2 aromatic carbocycles. The van der Waals surface area contributed by atoms with Gasteiger partial charge in [0.2, 0.25) is 11.8 Å². The summed E-state index contributed by atoms with van der Waals surface area (Å²) in [5, 5.41) is 8.92. The molecule has 2 fully saturated rings. The van der Waals surface area contributed by atoms with Crippen molar-refractivity contribution in [2.24, 2.45) is 5.92 Å². The Morgan fingerprint density at radius 3 is 2.61 bits per heavy atom. The average molecular weight is 490 g/mol. The summed E-state index contributed by atoms with van der Waals surface area (Å²) in [5.74, 6) is -0.0982. The molecule has 5 rings (SSSR count). The molecule has 1 N–H and O–H groups in total. The first-order valence-corrected chi connectivity index (χ1v) is 12.5. The summed E-state index contributed by atoms with van der Waals surface area (Å²) >= 11 is 0. The summed E-state index contributed by atoms with van der Waals surface area (Å²) in [7, 11) is 1.58. The first-order chi connectivity index (χ1) is 17.5. The third-order valence-electron chi connectivity index (χ3n) is 7.06. The van der Waals surface area contributed by atoms with Crippen molar-refractivity contribution in [1.29, 1.82) is 0 Å². The zero-order valence-electron chi connectivity index (χ0n) is 20.5. The Morgan fingerprint density at radius 1 is 1.06 bits per heavy atom. The maximum Gasteiger partial charge on any atom is 0.274 e. The lowest BCUT2D eigenvalue weighted by Crippen LogP contribution is -2.35. The Kier molecular flexibility index (Phi) is 6.99. The Balaban J connectivity index is 1.29. The maximum absolute atomic E-state index is 13.0. The minimum atomic E-state index is -0.462. The van der Waals surface area contributed by atoms with Gasteiger partial charge in [-0.1, -0.05) is 24.3 Å². The molecule has 36 heavy (non-hydrogen) atoms. The predicted octanol–water partition coefficient (Wildman–Crippen LogP) is 2.17. The van der Waals surface area contributed by atoms with E-state index in [4.69, 9.17) is 4.74 Å². The van der Waals surface area contributed by atoms with Crippen LogP contribution in [0, 0.1) is 5.92 Å². The van der Waals surface area contributed by atoms with Crippen molar-refractivity contribution in [1.82, 2.24) is 20.0 Å². The molecule has 0 saturated carbocycles. The first kappa shape index (κ1) is 24.0. The largest absolute Gasteiger partial charge is 0.497 e. The van der Waals surface area contributed by atoms with Crippen molar-refractivity contribution in [3.8, 4) is 5.75 Å². The fourth-order valence-corrected chi connectivity index (χ4v) is 5.06. The number of methoxy groups -OCH3 is 1. The molecule has 0 spiro atoms. The van der Waals surface area contributed by atoms with Crippen LogP contribution in [0.25, 0.3) is 10.8 Å². The number of hydrogen-bond acceptors (Lipinski definition) is 6. The van der Waals surface area contributed by atoms with E-state index in [0.717, 1.165) is 25.0 Å².